The molecule has 0 spiro atoms. The first-order valence-corrected chi connectivity index (χ1v) is 4.82. The van der Waals surface area contributed by atoms with Gasteiger partial charge in [-0.05, 0) is 12.8 Å². The minimum Gasteiger partial charge on any atom is -0.352 e. The van der Waals surface area contributed by atoms with E-state index in [-0.39, 0.29) is 12.5 Å². The number of carbonyl (C=O) groups excluding carboxylic acids is 1. The maximum absolute atomic E-state index is 11.0. The first kappa shape index (κ1) is 9.52. The summed E-state index contributed by atoms with van der Waals surface area (Å²) in [6.07, 6.45) is 7.38. The zero-order chi connectivity index (χ0) is 8.81. The topological polar surface area (TPSA) is 55.1 Å². The fourth-order valence-corrected chi connectivity index (χ4v) is 1.71. The first-order chi connectivity index (χ1) is 5.83. The Morgan fingerprint density at radius 1 is 1.25 bits per heavy atom. The van der Waals surface area contributed by atoms with Crippen molar-refractivity contribution in [2.24, 2.45) is 5.73 Å². The van der Waals surface area contributed by atoms with E-state index in [1.54, 1.807) is 0 Å². The summed E-state index contributed by atoms with van der Waals surface area (Å²) < 4.78 is 0. The smallest absolute Gasteiger partial charge is 0.233 e. The van der Waals surface area contributed by atoms with Crippen LogP contribution in [0.4, 0.5) is 0 Å². The van der Waals surface area contributed by atoms with Crippen LogP contribution in [0.1, 0.15) is 38.5 Å². The molecule has 0 atom stereocenters. The molecule has 0 radical (unpaired) electrons. The van der Waals surface area contributed by atoms with Gasteiger partial charge in [0.2, 0.25) is 5.91 Å². The van der Waals surface area contributed by atoms with Gasteiger partial charge in [0.05, 0.1) is 6.54 Å². The van der Waals surface area contributed by atoms with Gasteiger partial charge in [0.1, 0.15) is 0 Å². The minimum absolute atomic E-state index is 0.0121. The van der Waals surface area contributed by atoms with E-state index in [0.717, 1.165) is 12.8 Å². The molecule has 12 heavy (non-hydrogen) atoms. The third kappa shape index (κ3) is 3.22. The molecule has 3 N–H and O–H groups in total. The van der Waals surface area contributed by atoms with Crippen LogP contribution in [0.3, 0.4) is 0 Å². The lowest BCUT2D eigenvalue weighted by Gasteiger charge is -2.14. The first-order valence-electron chi connectivity index (χ1n) is 4.82. The lowest BCUT2D eigenvalue weighted by Crippen LogP contribution is -2.38. The van der Waals surface area contributed by atoms with Crippen LogP contribution in [0.25, 0.3) is 0 Å². The van der Waals surface area contributed by atoms with Gasteiger partial charge in [0, 0.05) is 6.04 Å². The molecular weight excluding hydrogens is 152 g/mol. The molecule has 1 aliphatic carbocycles. The quantitative estimate of drug-likeness (QED) is 0.602. The van der Waals surface area contributed by atoms with Crippen LogP contribution in [-0.4, -0.2) is 18.5 Å². The summed E-state index contributed by atoms with van der Waals surface area (Å²) in [4.78, 5) is 11.0. The standard InChI is InChI=1S/C9H18N2O/c10-7-9(12)11-8-5-3-1-2-4-6-8/h8H,1-7,10H2,(H,11,12). The van der Waals surface area contributed by atoms with E-state index in [4.69, 9.17) is 5.73 Å². The van der Waals surface area contributed by atoms with Crippen LogP contribution in [0.5, 0.6) is 0 Å². The normalized spacial score (nSPS) is 20.1. The average molecular weight is 170 g/mol. The molecule has 0 unspecified atom stereocenters. The predicted molar refractivity (Wildman–Crippen MR) is 48.7 cm³/mol. The maximum atomic E-state index is 11.0. The van der Waals surface area contributed by atoms with Crippen molar-refractivity contribution in [1.29, 1.82) is 0 Å². The molecular formula is C9H18N2O. The number of rotatable bonds is 2. The Balaban J connectivity index is 2.24. The molecule has 1 rings (SSSR count). The molecule has 1 fully saturated rings. The van der Waals surface area contributed by atoms with Crippen molar-refractivity contribution in [3.8, 4) is 0 Å². The Bertz CT molecular complexity index is 139. The van der Waals surface area contributed by atoms with Gasteiger partial charge in [0.25, 0.3) is 0 Å². The largest absolute Gasteiger partial charge is 0.352 e. The number of carbonyl (C=O) groups is 1. The van der Waals surface area contributed by atoms with E-state index in [0.29, 0.717) is 6.04 Å². The van der Waals surface area contributed by atoms with Crippen LogP contribution in [0.15, 0.2) is 0 Å². The third-order valence-corrected chi connectivity index (χ3v) is 2.41. The third-order valence-electron chi connectivity index (χ3n) is 2.41. The molecule has 1 aliphatic rings. The maximum Gasteiger partial charge on any atom is 0.233 e. The highest BCUT2D eigenvalue weighted by Gasteiger charge is 2.13. The van der Waals surface area contributed by atoms with E-state index >= 15 is 0 Å². The lowest BCUT2D eigenvalue weighted by molar-refractivity contribution is -0.120. The molecule has 1 saturated carbocycles. The summed E-state index contributed by atoms with van der Waals surface area (Å²) in [5, 5.41) is 2.94. The molecule has 0 aromatic rings. The summed E-state index contributed by atoms with van der Waals surface area (Å²) in [6, 6.07) is 0.392. The van der Waals surface area contributed by atoms with Crippen LogP contribution >= 0.6 is 0 Å². The molecule has 0 saturated heterocycles. The van der Waals surface area contributed by atoms with Gasteiger partial charge >= 0.3 is 0 Å². The molecule has 70 valence electrons. The average Bonchev–Trinajstić information content (AvgIpc) is 2.33. The van der Waals surface area contributed by atoms with Gasteiger partial charge in [-0.2, -0.15) is 0 Å². The highest BCUT2D eigenvalue weighted by molar-refractivity contribution is 5.78. The SMILES string of the molecule is NCC(=O)NC1CCCCCC1. The van der Waals surface area contributed by atoms with Crippen molar-refractivity contribution in [2.75, 3.05) is 6.54 Å². The van der Waals surface area contributed by atoms with Crippen molar-refractivity contribution in [3.63, 3.8) is 0 Å². The molecule has 0 aromatic heterocycles. The molecule has 3 heteroatoms. The van der Waals surface area contributed by atoms with Crippen LogP contribution in [-0.2, 0) is 4.79 Å². The zero-order valence-corrected chi connectivity index (χ0v) is 7.51. The number of nitrogens with one attached hydrogen (secondary N) is 1. The predicted octanol–water partition coefficient (Wildman–Crippen LogP) is 0.784. The van der Waals surface area contributed by atoms with Crippen molar-refractivity contribution in [2.45, 2.75) is 44.6 Å². The van der Waals surface area contributed by atoms with Crippen LogP contribution < -0.4 is 11.1 Å². The molecule has 0 aliphatic heterocycles. The Hall–Kier alpha value is -0.570. The van der Waals surface area contributed by atoms with Gasteiger partial charge in [-0.3, -0.25) is 4.79 Å². The van der Waals surface area contributed by atoms with Crippen molar-refractivity contribution < 1.29 is 4.79 Å². The number of hydrogen-bond donors (Lipinski definition) is 2. The van der Waals surface area contributed by atoms with Gasteiger partial charge in [-0.1, -0.05) is 25.7 Å². The van der Waals surface area contributed by atoms with Gasteiger partial charge in [-0.25, -0.2) is 0 Å². The van der Waals surface area contributed by atoms with Crippen LogP contribution in [0, 0.1) is 0 Å². The van der Waals surface area contributed by atoms with E-state index in [9.17, 15) is 4.79 Å². The molecule has 0 bridgehead atoms. The molecule has 0 heterocycles. The minimum atomic E-state index is -0.0121. The van der Waals surface area contributed by atoms with Gasteiger partial charge < -0.3 is 11.1 Å². The molecule has 0 aromatic carbocycles. The summed E-state index contributed by atoms with van der Waals surface area (Å²) in [6.45, 7) is 0.122. The second kappa shape index (κ2) is 5.14. The Labute approximate surface area is 73.7 Å². The van der Waals surface area contributed by atoms with E-state index in [1.807, 2.05) is 0 Å². The molecule has 3 nitrogen and oxygen atoms in total. The fraction of sp³-hybridized carbons (Fsp3) is 0.889. The summed E-state index contributed by atoms with van der Waals surface area (Å²) in [5.41, 5.74) is 5.22. The van der Waals surface area contributed by atoms with Crippen LogP contribution in [0.2, 0.25) is 0 Å². The Kier molecular flexibility index (Phi) is 4.08. The van der Waals surface area contributed by atoms with Gasteiger partial charge in [-0.15, -0.1) is 0 Å². The number of nitrogens with two attached hydrogens (primary N) is 1. The number of hydrogen-bond acceptors (Lipinski definition) is 2. The Morgan fingerprint density at radius 2 is 1.83 bits per heavy atom. The van der Waals surface area contributed by atoms with Gasteiger partial charge in [0.15, 0.2) is 0 Å². The van der Waals surface area contributed by atoms with Crippen molar-refractivity contribution >= 4 is 5.91 Å². The monoisotopic (exact) mass is 170 g/mol. The fourth-order valence-electron chi connectivity index (χ4n) is 1.71. The zero-order valence-electron chi connectivity index (χ0n) is 7.51. The van der Waals surface area contributed by atoms with E-state index in [1.165, 1.54) is 25.7 Å². The van der Waals surface area contributed by atoms with E-state index < -0.39 is 0 Å². The summed E-state index contributed by atoms with van der Waals surface area (Å²) in [7, 11) is 0. The van der Waals surface area contributed by atoms with Crippen molar-refractivity contribution in [1.82, 2.24) is 5.32 Å². The summed E-state index contributed by atoms with van der Waals surface area (Å²) >= 11 is 0. The Morgan fingerprint density at radius 3 is 2.33 bits per heavy atom. The highest BCUT2D eigenvalue weighted by Crippen LogP contribution is 2.16. The summed E-state index contributed by atoms with van der Waals surface area (Å²) in [5.74, 6) is -0.0121. The van der Waals surface area contributed by atoms with Crippen molar-refractivity contribution in [3.05, 3.63) is 0 Å². The lowest BCUT2D eigenvalue weighted by atomic mass is 10.1. The highest BCUT2D eigenvalue weighted by atomic mass is 16.1. The van der Waals surface area contributed by atoms with E-state index in [2.05, 4.69) is 5.32 Å². The number of amides is 1. The second-order valence-corrected chi connectivity index (χ2v) is 3.46. The molecule has 1 amide bonds. The second-order valence-electron chi connectivity index (χ2n) is 3.46.